The summed E-state index contributed by atoms with van der Waals surface area (Å²) < 4.78 is 27.7. The number of nitrogens with zero attached hydrogens (tertiary/aromatic N) is 1. The molecule has 1 aromatic heterocycles. The Labute approximate surface area is 150 Å². The molecular formula is C16H17ClN2O3S2. The molecule has 1 amide bonds. The Morgan fingerprint density at radius 1 is 1.21 bits per heavy atom. The van der Waals surface area contributed by atoms with Gasteiger partial charge in [-0.05, 0) is 55.7 Å². The van der Waals surface area contributed by atoms with Crippen LogP contribution >= 0.6 is 22.9 Å². The van der Waals surface area contributed by atoms with Gasteiger partial charge in [0, 0.05) is 12.2 Å². The number of rotatable bonds is 4. The number of anilines is 1. The number of benzene rings is 1. The lowest BCUT2D eigenvalue weighted by Crippen LogP contribution is -2.41. The van der Waals surface area contributed by atoms with Crippen LogP contribution in [0, 0.1) is 13.8 Å². The Morgan fingerprint density at radius 2 is 1.96 bits per heavy atom. The highest BCUT2D eigenvalue weighted by molar-refractivity contribution is 7.91. The zero-order chi connectivity index (χ0) is 17.5. The van der Waals surface area contributed by atoms with Gasteiger partial charge in [0.25, 0.3) is 10.0 Å². The number of hydrogen-bond acceptors (Lipinski definition) is 4. The smallest absolute Gasteiger partial charge is 0.250 e. The van der Waals surface area contributed by atoms with Crippen molar-refractivity contribution in [1.29, 1.82) is 0 Å². The van der Waals surface area contributed by atoms with E-state index < -0.39 is 16.1 Å². The number of sulfonamides is 1. The molecule has 8 heteroatoms. The molecule has 0 radical (unpaired) electrons. The summed E-state index contributed by atoms with van der Waals surface area (Å²) in [5.41, 5.74) is 3.04. The van der Waals surface area contributed by atoms with Crippen LogP contribution in [0.5, 0.6) is 0 Å². The number of halogens is 1. The van der Waals surface area contributed by atoms with E-state index in [0.29, 0.717) is 17.3 Å². The van der Waals surface area contributed by atoms with Crippen LogP contribution in [0.2, 0.25) is 4.34 Å². The van der Waals surface area contributed by atoms with Crippen LogP contribution in [-0.4, -0.2) is 26.9 Å². The minimum Gasteiger partial charge on any atom is -0.311 e. The Morgan fingerprint density at radius 3 is 2.58 bits per heavy atom. The zero-order valence-corrected chi connectivity index (χ0v) is 15.6. The fourth-order valence-electron chi connectivity index (χ4n) is 2.63. The molecule has 5 nitrogen and oxygen atoms in total. The average Bonchev–Trinajstić information content (AvgIpc) is 3.10. The van der Waals surface area contributed by atoms with Crippen LogP contribution in [0.15, 0.2) is 34.5 Å². The van der Waals surface area contributed by atoms with Gasteiger partial charge in [-0.15, -0.1) is 11.3 Å². The molecule has 1 aliphatic heterocycles. The van der Waals surface area contributed by atoms with Crippen LogP contribution in [0.25, 0.3) is 0 Å². The van der Waals surface area contributed by atoms with Crippen molar-refractivity contribution in [3.05, 3.63) is 45.8 Å². The van der Waals surface area contributed by atoms with Gasteiger partial charge in [-0.2, -0.15) is 4.72 Å². The van der Waals surface area contributed by atoms with Crippen molar-refractivity contribution in [3.63, 3.8) is 0 Å². The maximum Gasteiger partial charge on any atom is 0.250 e. The number of amides is 1. The van der Waals surface area contributed by atoms with E-state index in [1.54, 1.807) is 4.90 Å². The Hall–Kier alpha value is -1.41. The number of aryl methyl sites for hydroxylation is 2. The molecule has 1 aliphatic rings. The Bertz CT molecular complexity index is 892. The summed E-state index contributed by atoms with van der Waals surface area (Å²) in [6.07, 6.45) is 0.435. The van der Waals surface area contributed by atoms with Crippen LogP contribution in [0.1, 0.15) is 17.5 Å². The van der Waals surface area contributed by atoms with Gasteiger partial charge in [-0.1, -0.05) is 17.7 Å². The number of carbonyl (C=O) groups excluding carboxylic acids is 1. The maximum absolute atomic E-state index is 12.6. The highest BCUT2D eigenvalue weighted by Crippen LogP contribution is 2.28. The van der Waals surface area contributed by atoms with E-state index in [2.05, 4.69) is 4.72 Å². The summed E-state index contributed by atoms with van der Waals surface area (Å²) in [5.74, 6) is -0.232. The van der Waals surface area contributed by atoms with Gasteiger partial charge in [0.1, 0.15) is 10.3 Å². The van der Waals surface area contributed by atoms with Crippen molar-refractivity contribution in [2.24, 2.45) is 0 Å². The molecular weight excluding hydrogens is 368 g/mol. The molecule has 0 aliphatic carbocycles. The van der Waals surface area contributed by atoms with Gasteiger partial charge in [0.2, 0.25) is 5.91 Å². The summed E-state index contributed by atoms with van der Waals surface area (Å²) in [7, 11) is -3.74. The minimum absolute atomic E-state index is 0.116. The molecule has 0 spiro atoms. The van der Waals surface area contributed by atoms with Gasteiger partial charge < -0.3 is 4.90 Å². The maximum atomic E-state index is 12.6. The second-order valence-electron chi connectivity index (χ2n) is 5.78. The van der Waals surface area contributed by atoms with E-state index in [1.807, 2.05) is 32.0 Å². The molecule has 3 rings (SSSR count). The lowest BCUT2D eigenvalue weighted by Gasteiger charge is -2.18. The molecule has 0 bridgehead atoms. The summed E-state index contributed by atoms with van der Waals surface area (Å²) in [4.78, 5) is 14.2. The SMILES string of the molecule is Cc1ccc(N2CC[C@@H](NS(=O)(=O)c3ccc(Cl)s3)C2=O)cc1C. The largest absolute Gasteiger partial charge is 0.311 e. The minimum atomic E-state index is -3.74. The van der Waals surface area contributed by atoms with Gasteiger partial charge in [0.05, 0.1) is 4.34 Å². The third-order valence-electron chi connectivity index (χ3n) is 4.12. The number of hydrogen-bond donors (Lipinski definition) is 1. The number of thiophene rings is 1. The third-order valence-corrected chi connectivity index (χ3v) is 7.31. The van der Waals surface area contributed by atoms with Crippen molar-refractivity contribution in [2.75, 3.05) is 11.4 Å². The van der Waals surface area contributed by atoms with E-state index in [-0.39, 0.29) is 10.1 Å². The molecule has 128 valence electrons. The lowest BCUT2D eigenvalue weighted by molar-refractivity contribution is -0.118. The first-order valence-electron chi connectivity index (χ1n) is 7.44. The topological polar surface area (TPSA) is 66.5 Å². The summed E-state index contributed by atoms with van der Waals surface area (Å²) in [6.45, 7) is 4.48. The second-order valence-corrected chi connectivity index (χ2v) is 9.44. The molecule has 24 heavy (non-hydrogen) atoms. The molecule has 2 heterocycles. The first-order chi connectivity index (χ1) is 11.3. The first-order valence-corrected chi connectivity index (χ1v) is 10.1. The van der Waals surface area contributed by atoms with Crippen LogP contribution < -0.4 is 9.62 Å². The quantitative estimate of drug-likeness (QED) is 0.880. The average molecular weight is 385 g/mol. The van der Waals surface area contributed by atoms with Crippen molar-refractivity contribution in [3.8, 4) is 0 Å². The van der Waals surface area contributed by atoms with E-state index in [4.69, 9.17) is 11.6 Å². The lowest BCUT2D eigenvalue weighted by atomic mass is 10.1. The summed E-state index contributed by atoms with van der Waals surface area (Å²) in [6, 6.07) is 8.01. The van der Waals surface area contributed by atoms with E-state index >= 15 is 0 Å². The second kappa shape index (κ2) is 6.48. The fourth-order valence-corrected chi connectivity index (χ4v) is 5.35. The molecule has 0 unspecified atom stereocenters. The van der Waals surface area contributed by atoms with Gasteiger partial charge in [0.15, 0.2) is 0 Å². The molecule has 0 saturated carbocycles. The van der Waals surface area contributed by atoms with Crippen molar-refractivity contribution >= 4 is 44.6 Å². The highest BCUT2D eigenvalue weighted by Gasteiger charge is 2.36. The molecule has 1 saturated heterocycles. The van der Waals surface area contributed by atoms with Gasteiger partial charge in [-0.3, -0.25) is 4.79 Å². The standard InChI is InChI=1S/C16H17ClN2O3S2/c1-10-3-4-12(9-11(10)2)19-8-7-13(16(19)20)18-24(21,22)15-6-5-14(17)23-15/h3-6,9,13,18H,7-8H2,1-2H3/t13-/m1/s1. The van der Waals surface area contributed by atoms with Crippen LogP contribution in [0.3, 0.4) is 0 Å². The molecule has 1 fully saturated rings. The predicted octanol–water partition coefficient (Wildman–Crippen LogP) is 3.10. The van der Waals surface area contributed by atoms with Crippen LogP contribution in [0.4, 0.5) is 5.69 Å². The highest BCUT2D eigenvalue weighted by atomic mass is 35.5. The zero-order valence-electron chi connectivity index (χ0n) is 13.2. The molecule has 1 N–H and O–H groups in total. The molecule has 1 aromatic carbocycles. The Kier molecular flexibility index (Phi) is 4.70. The monoisotopic (exact) mass is 384 g/mol. The van der Waals surface area contributed by atoms with Crippen molar-refractivity contribution in [1.82, 2.24) is 4.72 Å². The van der Waals surface area contributed by atoms with Gasteiger partial charge >= 0.3 is 0 Å². The first kappa shape index (κ1) is 17.4. The number of nitrogens with one attached hydrogen (secondary N) is 1. The third kappa shape index (κ3) is 3.35. The predicted molar refractivity (Wildman–Crippen MR) is 96.3 cm³/mol. The van der Waals surface area contributed by atoms with Crippen molar-refractivity contribution in [2.45, 2.75) is 30.5 Å². The molecule has 2 aromatic rings. The fraction of sp³-hybridized carbons (Fsp3) is 0.312. The van der Waals surface area contributed by atoms with E-state index in [1.165, 1.54) is 12.1 Å². The van der Waals surface area contributed by atoms with E-state index in [9.17, 15) is 13.2 Å². The van der Waals surface area contributed by atoms with Gasteiger partial charge in [-0.25, -0.2) is 8.42 Å². The van der Waals surface area contributed by atoms with Crippen molar-refractivity contribution < 1.29 is 13.2 Å². The van der Waals surface area contributed by atoms with Crippen LogP contribution in [-0.2, 0) is 14.8 Å². The summed E-state index contributed by atoms with van der Waals surface area (Å²) >= 11 is 6.76. The molecule has 1 atom stereocenters. The number of carbonyl (C=O) groups is 1. The Balaban J connectivity index is 1.78. The van der Waals surface area contributed by atoms with E-state index in [0.717, 1.165) is 28.2 Å². The normalized spacial score (nSPS) is 18.4. The summed E-state index contributed by atoms with van der Waals surface area (Å²) in [5, 5.41) is 0.